The predicted molar refractivity (Wildman–Crippen MR) is 86.8 cm³/mol. The van der Waals surface area contributed by atoms with Crippen LogP contribution in [0.3, 0.4) is 0 Å². The van der Waals surface area contributed by atoms with E-state index in [-0.39, 0.29) is 6.61 Å². The van der Waals surface area contributed by atoms with Crippen molar-refractivity contribution < 1.29 is 9.84 Å². The number of aliphatic hydroxyl groups is 1. The zero-order valence-electron chi connectivity index (χ0n) is 13.1. The Balaban J connectivity index is 1.96. The first-order valence-electron chi connectivity index (χ1n) is 7.56. The van der Waals surface area contributed by atoms with Crippen molar-refractivity contribution in [3.05, 3.63) is 64.7 Å². The SMILES string of the molecule is CCCc1ccc(C(O)COc2cc(C)cc(C)c2)cc1. The molecule has 2 aromatic carbocycles. The Kier molecular flexibility index (Phi) is 5.40. The molecule has 1 unspecified atom stereocenters. The monoisotopic (exact) mass is 284 g/mol. The summed E-state index contributed by atoms with van der Waals surface area (Å²) < 4.78 is 5.71. The second kappa shape index (κ2) is 7.28. The van der Waals surface area contributed by atoms with E-state index in [9.17, 15) is 5.11 Å². The lowest BCUT2D eigenvalue weighted by Crippen LogP contribution is -2.10. The summed E-state index contributed by atoms with van der Waals surface area (Å²) in [6.07, 6.45) is 1.62. The molecule has 0 radical (unpaired) electrons. The van der Waals surface area contributed by atoms with Gasteiger partial charge in [0.2, 0.25) is 0 Å². The minimum Gasteiger partial charge on any atom is -0.491 e. The van der Waals surface area contributed by atoms with Gasteiger partial charge in [-0.25, -0.2) is 0 Å². The van der Waals surface area contributed by atoms with E-state index in [2.05, 4.69) is 25.1 Å². The maximum Gasteiger partial charge on any atom is 0.119 e. The van der Waals surface area contributed by atoms with Gasteiger partial charge in [-0.05, 0) is 54.7 Å². The third-order valence-electron chi connectivity index (χ3n) is 3.51. The van der Waals surface area contributed by atoms with Gasteiger partial charge in [0.25, 0.3) is 0 Å². The quantitative estimate of drug-likeness (QED) is 0.853. The first kappa shape index (κ1) is 15.6. The molecule has 112 valence electrons. The van der Waals surface area contributed by atoms with Crippen LogP contribution in [0.1, 0.15) is 41.7 Å². The highest BCUT2D eigenvalue weighted by Crippen LogP contribution is 2.20. The molecule has 0 aliphatic carbocycles. The van der Waals surface area contributed by atoms with Gasteiger partial charge in [-0.3, -0.25) is 0 Å². The van der Waals surface area contributed by atoms with Crippen LogP contribution in [0.15, 0.2) is 42.5 Å². The van der Waals surface area contributed by atoms with E-state index in [1.165, 1.54) is 16.7 Å². The smallest absolute Gasteiger partial charge is 0.119 e. The van der Waals surface area contributed by atoms with E-state index in [1.807, 2.05) is 38.1 Å². The number of hydrogen-bond donors (Lipinski definition) is 1. The van der Waals surface area contributed by atoms with Gasteiger partial charge in [0.15, 0.2) is 0 Å². The van der Waals surface area contributed by atoms with E-state index in [4.69, 9.17) is 4.74 Å². The molecule has 2 rings (SSSR count). The second-order valence-corrected chi connectivity index (χ2v) is 5.64. The van der Waals surface area contributed by atoms with Crippen LogP contribution >= 0.6 is 0 Å². The fourth-order valence-electron chi connectivity index (χ4n) is 2.48. The predicted octanol–water partition coefficient (Wildman–Crippen LogP) is 4.37. The molecule has 21 heavy (non-hydrogen) atoms. The number of ether oxygens (including phenoxy) is 1. The molecule has 0 bridgehead atoms. The summed E-state index contributed by atoms with van der Waals surface area (Å²) in [5.41, 5.74) is 4.55. The van der Waals surface area contributed by atoms with Crippen LogP contribution in [-0.4, -0.2) is 11.7 Å². The van der Waals surface area contributed by atoms with Gasteiger partial charge in [0.1, 0.15) is 18.5 Å². The first-order chi connectivity index (χ1) is 10.1. The standard InChI is InChI=1S/C19H24O2/c1-4-5-16-6-8-17(9-7-16)19(20)13-21-18-11-14(2)10-15(3)12-18/h6-12,19-20H,4-5,13H2,1-3H3. The highest BCUT2D eigenvalue weighted by Gasteiger charge is 2.09. The highest BCUT2D eigenvalue weighted by atomic mass is 16.5. The number of rotatable bonds is 6. The molecule has 2 heteroatoms. The van der Waals surface area contributed by atoms with Gasteiger partial charge in [0, 0.05) is 0 Å². The molecule has 0 saturated carbocycles. The van der Waals surface area contributed by atoms with Crippen molar-refractivity contribution in [3.8, 4) is 5.75 Å². The summed E-state index contributed by atoms with van der Waals surface area (Å²) in [7, 11) is 0. The van der Waals surface area contributed by atoms with Crippen molar-refractivity contribution in [1.82, 2.24) is 0 Å². The summed E-state index contributed by atoms with van der Waals surface area (Å²) in [6.45, 7) is 6.53. The summed E-state index contributed by atoms with van der Waals surface area (Å²) >= 11 is 0. The minimum atomic E-state index is -0.596. The van der Waals surface area contributed by atoms with E-state index >= 15 is 0 Å². The molecule has 0 spiro atoms. The highest BCUT2D eigenvalue weighted by molar-refractivity contribution is 5.33. The molecule has 2 aromatic rings. The number of hydrogen-bond acceptors (Lipinski definition) is 2. The van der Waals surface area contributed by atoms with E-state index in [0.29, 0.717) is 0 Å². The van der Waals surface area contributed by atoms with E-state index in [0.717, 1.165) is 24.2 Å². The first-order valence-corrected chi connectivity index (χ1v) is 7.56. The maximum absolute atomic E-state index is 10.2. The minimum absolute atomic E-state index is 0.274. The Morgan fingerprint density at radius 3 is 2.19 bits per heavy atom. The lowest BCUT2D eigenvalue weighted by Gasteiger charge is -2.14. The molecular weight excluding hydrogens is 260 g/mol. The molecule has 1 N–H and O–H groups in total. The summed E-state index contributed by atoms with van der Waals surface area (Å²) in [4.78, 5) is 0. The molecule has 0 heterocycles. The lowest BCUT2D eigenvalue weighted by atomic mass is 10.0. The molecule has 0 amide bonds. The molecule has 0 fully saturated rings. The fraction of sp³-hybridized carbons (Fsp3) is 0.368. The molecule has 0 aromatic heterocycles. The van der Waals surface area contributed by atoms with Crippen molar-refractivity contribution in [1.29, 1.82) is 0 Å². The fourth-order valence-corrected chi connectivity index (χ4v) is 2.48. The van der Waals surface area contributed by atoms with Crippen molar-refractivity contribution in [2.75, 3.05) is 6.61 Å². The van der Waals surface area contributed by atoms with Crippen molar-refractivity contribution >= 4 is 0 Å². The van der Waals surface area contributed by atoms with Crippen LogP contribution < -0.4 is 4.74 Å². The number of aryl methyl sites for hydroxylation is 3. The van der Waals surface area contributed by atoms with Gasteiger partial charge in [-0.2, -0.15) is 0 Å². The Morgan fingerprint density at radius 1 is 1.00 bits per heavy atom. The molecule has 0 aliphatic heterocycles. The van der Waals surface area contributed by atoms with Gasteiger partial charge in [-0.15, -0.1) is 0 Å². The van der Waals surface area contributed by atoms with Gasteiger partial charge in [0.05, 0.1) is 0 Å². The van der Waals surface area contributed by atoms with Crippen molar-refractivity contribution in [3.63, 3.8) is 0 Å². The Hall–Kier alpha value is -1.80. The third kappa shape index (κ3) is 4.61. The Morgan fingerprint density at radius 2 is 1.62 bits per heavy atom. The molecule has 0 aliphatic rings. The normalized spacial score (nSPS) is 12.2. The molecule has 1 atom stereocenters. The zero-order chi connectivity index (χ0) is 15.2. The number of benzene rings is 2. The second-order valence-electron chi connectivity index (χ2n) is 5.64. The average molecular weight is 284 g/mol. The maximum atomic E-state index is 10.2. The van der Waals surface area contributed by atoms with Crippen LogP contribution in [-0.2, 0) is 6.42 Å². The van der Waals surface area contributed by atoms with Crippen LogP contribution in [0.2, 0.25) is 0 Å². The zero-order valence-corrected chi connectivity index (χ0v) is 13.1. The summed E-state index contributed by atoms with van der Waals surface area (Å²) in [5, 5.41) is 10.2. The van der Waals surface area contributed by atoms with Crippen molar-refractivity contribution in [2.45, 2.75) is 39.7 Å². The third-order valence-corrected chi connectivity index (χ3v) is 3.51. The molecular formula is C19H24O2. The largest absolute Gasteiger partial charge is 0.491 e. The average Bonchev–Trinajstić information content (AvgIpc) is 2.45. The topological polar surface area (TPSA) is 29.5 Å². The molecule has 2 nitrogen and oxygen atoms in total. The van der Waals surface area contributed by atoms with Crippen LogP contribution in [0, 0.1) is 13.8 Å². The van der Waals surface area contributed by atoms with Gasteiger partial charge in [-0.1, -0.05) is 43.7 Å². The van der Waals surface area contributed by atoms with Gasteiger partial charge >= 0.3 is 0 Å². The Bertz CT molecular complexity index is 552. The lowest BCUT2D eigenvalue weighted by molar-refractivity contribution is 0.108. The molecule has 0 saturated heterocycles. The van der Waals surface area contributed by atoms with E-state index in [1.54, 1.807) is 0 Å². The van der Waals surface area contributed by atoms with E-state index < -0.39 is 6.10 Å². The van der Waals surface area contributed by atoms with Gasteiger partial charge < -0.3 is 9.84 Å². The van der Waals surface area contributed by atoms with Crippen LogP contribution in [0.25, 0.3) is 0 Å². The summed E-state index contributed by atoms with van der Waals surface area (Å²) in [5.74, 6) is 0.814. The van der Waals surface area contributed by atoms with Crippen LogP contribution in [0.4, 0.5) is 0 Å². The van der Waals surface area contributed by atoms with Crippen molar-refractivity contribution in [2.24, 2.45) is 0 Å². The van der Waals surface area contributed by atoms with Crippen LogP contribution in [0.5, 0.6) is 5.75 Å². The number of aliphatic hydroxyl groups excluding tert-OH is 1. The summed E-state index contributed by atoms with van der Waals surface area (Å²) in [6, 6.07) is 14.2. The Labute approximate surface area is 127 Å².